The van der Waals surface area contributed by atoms with E-state index in [0.29, 0.717) is 17.7 Å². The molecule has 10 heteroatoms. The van der Waals surface area contributed by atoms with Gasteiger partial charge in [-0.3, -0.25) is 19.6 Å². The van der Waals surface area contributed by atoms with Crippen molar-refractivity contribution in [3.63, 3.8) is 0 Å². The molecular weight excluding hydrogens is 404 g/mol. The first-order chi connectivity index (χ1) is 14.9. The van der Waals surface area contributed by atoms with E-state index in [4.69, 9.17) is 4.74 Å². The molecule has 2 heterocycles. The minimum Gasteiger partial charge on any atom is -0.507 e. The summed E-state index contributed by atoms with van der Waals surface area (Å²) in [5.41, 5.74) is 1.67. The van der Waals surface area contributed by atoms with Gasteiger partial charge in [0.25, 0.3) is 17.6 Å². The number of unbranched alkanes of at least 4 members (excludes halogenated alkanes) is 1. The summed E-state index contributed by atoms with van der Waals surface area (Å²) in [5, 5.41) is 20.2. The number of carbonyl (C=O) groups is 3. The van der Waals surface area contributed by atoms with Crippen molar-refractivity contribution in [1.29, 1.82) is 0 Å². The number of nitrogens with one attached hydrogen (secondary N) is 2. The second-order valence-corrected chi connectivity index (χ2v) is 7.04. The summed E-state index contributed by atoms with van der Waals surface area (Å²) >= 11 is 0. The molecule has 1 aliphatic rings. The lowest BCUT2D eigenvalue weighted by Crippen LogP contribution is -2.48. The molecule has 1 aromatic heterocycles. The molecule has 0 aliphatic carbocycles. The van der Waals surface area contributed by atoms with E-state index in [0.717, 1.165) is 11.3 Å². The molecule has 1 fully saturated rings. The highest BCUT2D eigenvalue weighted by Crippen LogP contribution is 2.40. The van der Waals surface area contributed by atoms with Crippen molar-refractivity contribution in [2.75, 3.05) is 7.11 Å². The SMILES string of the molecule is CCCCC(C(=O)NO)N1C(=O)C(=O)/C(=C(\O)c2ccc(OC)cc2)C1c1ncc[nH]1. The Morgan fingerprint density at radius 1 is 1.32 bits per heavy atom. The summed E-state index contributed by atoms with van der Waals surface area (Å²) in [6.07, 6.45) is 4.47. The molecule has 10 nitrogen and oxygen atoms in total. The highest BCUT2D eigenvalue weighted by molar-refractivity contribution is 6.47. The van der Waals surface area contributed by atoms with Gasteiger partial charge in [0, 0.05) is 18.0 Å². The number of rotatable bonds is 8. The van der Waals surface area contributed by atoms with Crippen molar-refractivity contribution in [1.82, 2.24) is 20.3 Å². The molecule has 2 aromatic rings. The Morgan fingerprint density at radius 3 is 2.58 bits per heavy atom. The number of hydroxylamine groups is 1. The van der Waals surface area contributed by atoms with Crippen LogP contribution in [-0.4, -0.2) is 55.9 Å². The summed E-state index contributed by atoms with van der Waals surface area (Å²) in [7, 11) is 1.50. The van der Waals surface area contributed by atoms with Gasteiger partial charge in [0.05, 0.1) is 12.7 Å². The monoisotopic (exact) mass is 428 g/mol. The number of aliphatic hydroxyl groups is 1. The van der Waals surface area contributed by atoms with Crippen LogP contribution in [0.2, 0.25) is 0 Å². The molecule has 0 radical (unpaired) electrons. The van der Waals surface area contributed by atoms with Gasteiger partial charge in [0.1, 0.15) is 29.4 Å². The van der Waals surface area contributed by atoms with Crippen molar-refractivity contribution in [2.45, 2.75) is 38.3 Å². The number of aliphatic hydroxyl groups excluding tert-OH is 1. The summed E-state index contributed by atoms with van der Waals surface area (Å²) in [4.78, 5) is 46.4. The molecule has 164 valence electrons. The lowest BCUT2D eigenvalue weighted by atomic mass is 9.99. The lowest BCUT2D eigenvalue weighted by molar-refractivity contribution is -0.147. The zero-order chi connectivity index (χ0) is 22.5. The third-order valence-corrected chi connectivity index (χ3v) is 5.20. The molecule has 0 saturated carbocycles. The number of benzene rings is 1. The number of aromatic amines is 1. The quantitative estimate of drug-likeness (QED) is 0.165. The number of Topliss-reactive ketones (excluding diaryl/α,β-unsaturated/α-hetero) is 1. The number of methoxy groups -OCH3 is 1. The van der Waals surface area contributed by atoms with E-state index >= 15 is 0 Å². The largest absolute Gasteiger partial charge is 0.507 e. The van der Waals surface area contributed by atoms with Crippen molar-refractivity contribution in [3.05, 3.63) is 53.6 Å². The van der Waals surface area contributed by atoms with Gasteiger partial charge >= 0.3 is 0 Å². The van der Waals surface area contributed by atoms with E-state index in [-0.39, 0.29) is 17.8 Å². The van der Waals surface area contributed by atoms with Crippen LogP contribution < -0.4 is 10.2 Å². The number of aromatic nitrogens is 2. The molecule has 31 heavy (non-hydrogen) atoms. The van der Waals surface area contributed by atoms with Crippen LogP contribution in [0.15, 0.2) is 42.2 Å². The van der Waals surface area contributed by atoms with Gasteiger partial charge in [-0.15, -0.1) is 0 Å². The van der Waals surface area contributed by atoms with E-state index in [2.05, 4.69) is 9.97 Å². The van der Waals surface area contributed by atoms with Crippen LogP contribution in [0.5, 0.6) is 5.75 Å². The van der Waals surface area contributed by atoms with Crippen LogP contribution in [-0.2, 0) is 14.4 Å². The molecule has 0 spiro atoms. The second kappa shape index (κ2) is 9.43. The minimum absolute atomic E-state index is 0.197. The molecule has 1 aromatic carbocycles. The first-order valence-corrected chi connectivity index (χ1v) is 9.82. The number of nitrogens with zero attached hydrogens (tertiary/aromatic N) is 2. The smallest absolute Gasteiger partial charge is 0.296 e. The predicted octanol–water partition coefficient (Wildman–Crippen LogP) is 1.90. The van der Waals surface area contributed by atoms with Gasteiger partial charge in [0.15, 0.2) is 0 Å². The Balaban J connectivity index is 2.15. The van der Waals surface area contributed by atoms with Crippen molar-refractivity contribution in [2.24, 2.45) is 0 Å². The fraction of sp³-hybridized carbons (Fsp3) is 0.333. The van der Waals surface area contributed by atoms with Gasteiger partial charge in [-0.1, -0.05) is 19.8 Å². The van der Waals surface area contributed by atoms with Crippen LogP contribution in [0.3, 0.4) is 0 Å². The fourth-order valence-electron chi connectivity index (χ4n) is 3.64. The molecule has 2 amide bonds. The molecule has 2 unspecified atom stereocenters. The average Bonchev–Trinajstić information content (AvgIpc) is 3.41. The Hall–Kier alpha value is -3.66. The fourth-order valence-corrected chi connectivity index (χ4v) is 3.64. The van der Waals surface area contributed by atoms with Gasteiger partial charge in [-0.2, -0.15) is 0 Å². The van der Waals surface area contributed by atoms with Crippen LogP contribution in [0, 0.1) is 0 Å². The second-order valence-electron chi connectivity index (χ2n) is 7.04. The predicted molar refractivity (Wildman–Crippen MR) is 109 cm³/mol. The zero-order valence-corrected chi connectivity index (χ0v) is 17.2. The van der Waals surface area contributed by atoms with Crippen LogP contribution in [0.1, 0.15) is 43.6 Å². The van der Waals surface area contributed by atoms with Crippen molar-refractivity contribution < 1.29 is 29.4 Å². The molecule has 4 N–H and O–H groups in total. The first kappa shape index (κ1) is 22.0. The highest BCUT2D eigenvalue weighted by Gasteiger charge is 2.51. The average molecular weight is 428 g/mol. The Labute approximate surface area is 178 Å². The van der Waals surface area contributed by atoms with Crippen LogP contribution in [0.25, 0.3) is 5.76 Å². The number of hydrogen-bond donors (Lipinski definition) is 4. The van der Waals surface area contributed by atoms with Gasteiger partial charge in [-0.05, 0) is 30.7 Å². The third kappa shape index (κ3) is 4.15. The Morgan fingerprint density at radius 2 is 2.03 bits per heavy atom. The number of carbonyl (C=O) groups excluding carboxylic acids is 3. The summed E-state index contributed by atoms with van der Waals surface area (Å²) in [6, 6.07) is 4.06. The molecule has 0 bridgehead atoms. The molecule has 1 aliphatic heterocycles. The van der Waals surface area contributed by atoms with E-state index < -0.39 is 35.4 Å². The van der Waals surface area contributed by atoms with E-state index in [9.17, 15) is 24.7 Å². The van der Waals surface area contributed by atoms with Crippen LogP contribution >= 0.6 is 0 Å². The molecule has 1 saturated heterocycles. The maximum atomic E-state index is 13.0. The van der Waals surface area contributed by atoms with Crippen molar-refractivity contribution in [3.8, 4) is 5.75 Å². The van der Waals surface area contributed by atoms with Gasteiger partial charge < -0.3 is 19.7 Å². The summed E-state index contributed by atoms with van der Waals surface area (Å²) in [6.45, 7) is 1.91. The van der Waals surface area contributed by atoms with Gasteiger partial charge in [-0.25, -0.2) is 10.5 Å². The number of ether oxygens (including phenoxy) is 1. The summed E-state index contributed by atoms with van der Waals surface area (Å²) in [5.74, 6) is -2.36. The van der Waals surface area contributed by atoms with Gasteiger partial charge in [0.2, 0.25) is 0 Å². The van der Waals surface area contributed by atoms with Crippen molar-refractivity contribution >= 4 is 23.4 Å². The minimum atomic E-state index is -1.13. The van der Waals surface area contributed by atoms with Crippen LogP contribution in [0.4, 0.5) is 0 Å². The number of hydrogen-bond acceptors (Lipinski definition) is 7. The topological polar surface area (TPSA) is 145 Å². The normalized spacial score (nSPS) is 18.8. The number of likely N-dealkylation sites (tertiary alicyclic amines) is 1. The number of H-pyrrole nitrogens is 1. The Kier molecular flexibility index (Phi) is 6.71. The number of ketones is 1. The first-order valence-electron chi connectivity index (χ1n) is 9.82. The standard InChI is InChI=1S/C21H24N4O6/c1-3-4-5-14(20(28)24-30)25-16(19-22-10-11-23-19)15(18(27)21(25)29)17(26)12-6-8-13(31-2)9-7-12/h6-11,14,16,26,30H,3-5H2,1-2H3,(H,22,23)(H,24,28)/b17-15-. The van der Waals surface area contributed by atoms with E-state index in [1.807, 2.05) is 6.92 Å². The maximum absolute atomic E-state index is 13.0. The van der Waals surface area contributed by atoms with E-state index in [1.54, 1.807) is 29.7 Å². The highest BCUT2D eigenvalue weighted by atomic mass is 16.5. The Bertz CT molecular complexity index is 984. The lowest BCUT2D eigenvalue weighted by Gasteiger charge is -2.30. The summed E-state index contributed by atoms with van der Waals surface area (Å²) < 4.78 is 5.11. The third-order valence-electron chi connectivity index (χ3n) is 5.20. The van der Waals surface area contributed by atoms with E-state index in [1.165, 1.54) is 19.5 Å². The maximum Gasteiger partial charge on any atom is 0.296 e. The zero-order valence-electron chi connectivity index (χ0n) is 17.2. The molecule has 2 atom stereocenters. The number of imidazole rings is 1. The molecule has 3 rings (SSSR count). The molecular formula is C21H24N4O6. The number of amides is 2.